The number of ether oxygens (including phenoxy) is 8. The van der Waals surface area contributed by atoms with Crippen molar-refractivity contribution in [3.05, 3.63) is 74.4 Å². The first-order valence-electron chi connectivity index (χ1n) is 25.8. The quantitative estimate of drug-likeness (QED) is 0.0788. The molecule has 0 aromatic rings. The highest BCUT2D eigenvalue weighted by molar-refractivity contribution is 5.88. The highest BCUT2D eigenvalue weighted by Gasteiger charge is 2.24. The molecule has 2 N–H and O–H groups in total. The lowest BCUT2D eigenvalue weighted by atomic mass is 10.4. The molecule has 0 unspecified atom stereocenters. The third kappa shape index (κ3) is 30.9. The van der Waals surface area contributed by atoms with Gasteiger partial charge in [0.2, 0.25) is 11.8 Å². The largest absolute Gasteiger partial charge is 0.461 e. The Morgan fingerprint density at radius 2 is 0.716 bits per heavy atom. The number of nitrogens with zero attached hydrogens (tertiary/aromatic N) is 6. The van der Waals surface area contributed by atoms with E-state index in [1.54, 1.807) is 40.4 Å². The molecule has 6 rings (SSSR count). The van der Waals surface area contributed by atoms with Gasteiger partial charge in [0.1, 0.15) is 52.9 Å². The second-order valence-electron chi connectivity index (χ2n) is 17.5. The fourth-order valence-electron chi connectivity index (χ4n) is 6.65. The van der Waals surface area contributed by atoms with E-state index in [1.165, 1.54) is 9.80 Å². The molecule has 6 fully saturated rings. The van der Waals surface area contributed by atoms with Gasteiger partial charge in [0, 0.05) is 87.1 Å². The smallest absolute Gasteiger partial charge is 0.410 e. The number of carbonyl (C=O) groups excluding carboxylic acids is 12. The number of likely N-dealkylation sites (tertiary alicyclic amines) is 2. The van der Waals surface area contributed by atoms with Crippen LogP contribution in [-0.2, 0) is 76.3 Å². The molecule has 0 aromatic heterocycles. The van der Waals surface area contributed by atoms with Crippen molar-refractivity contribution in [3.63, 3.8) is 0 Å². The standard InChI is InChI=1S/C10H15NO3.C9H14N2O3.C9H13NO4.C9H13NO3.C8H12N2O3.C8H11NO4/c1-8(2)10(13)14-7-6-11-5-3-4-9(11)12;1-7(2)8(12)14-6-5-11-4-3-10-9(11)13;1-7(2)8(11)13-5-3-10-4-6-14-9(10)12;1-2-9(12)13-7-6-10-5-3-4-8(10)11;1-2-7(11)13-6-5-10-4-3-9-8(10)12;1-2-7(10)12-5-3-9-4-6-13-8(9)11/h1,3-7H2,2H3;1,3-6H2,2H3,(H,10,13);1,3-6H2,2H3;2H,1,3-7H2;2H,1,3-6H2,(H,9,12);2H,1,3-6H2. The molecule has 0 aliphatic carbocycles. The molecule has 6 saturated heterocycles. The molecule has 0 aromatic carbocycles. The summed E-state index contributed by atoms with van der Waals surface area (Å²) < 4.78 is 38.1. The van der Waals surface area contributed by atoms with Crippen LogP contribution in [0.25, 0.3) is 0 Å². The molecule has 6 heterocycles. The minimum Gasteiger partial charge on any atom is -0.461 e. The molecule has 450 valence electrons. The second kappa shape index (κ2) is 40.5. The van der Waals surface area contributed by atoms with Gasteiger partial charge in [-0.25, -0.2) is 47.9 Å². The van der Waals surface area contributed by atoms with Gasteiger partial charge in [0.25, 0.3) is 0 Å². The van der Waals surface area contributed by atoms with E-state index in [1.807, 2.05) is 0 Å². The number of nitrogens with one attached hydrogen (secondary N) is 2. The molecule has 0 saturated carbocycles. The summed E-state index contributed by atoms with van der Waals surface area (Å²) in [5.74, 6) is -2.32. The normalized spacial score (nSPS) is 15.5. The average molecular weight is 1150 g/mol. The highest BCUT2D eigenvalue weighted by Crippen LogP contribution is 2.10. The van der Waals surface area contributed by atoms with Crippen LogP contribution in [0.15, 0.2) is 74.4 Å². The summed E-state index contributed by atoms with van der Waals surface area (Å²) in [5.41, 5.74) is 1.11. The van der Waals surface area contributed by atoms with Crippen molar-refractivity contribution in [2.24, 2.45) is 0 Å². The van der Waals surface area contributed by atoms with Gasteiger partial charge >= 0.3 is 60.1 Å². The molecular weight excluding hydrogens is 1070 g/mol. The lowest BCUT2D eigenvalue weighted by Crippen LogP contribution is -2.31. The summed E-state index contributed by atoms with van der Waals surface area (Å²) in [6.45, 7) is 35.0. The Balaban J connectivity index is 0.000000486. The van der Waals surface area contributed by atoms with E-state index in [2.05, 4.69) is 54.8 Å². The molecule has 8 amide bonds. The number of amides is 8. The van der Waals surface area contributed by atoms with Crippen LogP contribution in [0.5, 0.6) is 0 Å². The van der Waals surface area contributed by atoms with Crippen LogP contribution in [0.3, 0.4) is 0 Å². The van der Waals surface area contributed by atoms with Crippen molar-refractivity contribution in [1.29, 1.82) is 0 Å². The zero-order chi connectivity index (χ0) is 60.7. The van der Waals surface area contributed by atoms with Gasteiger partial charge in [-0.05, 0) is 33.6 Å². The Bertz CT molecular complexity index is 2010. The number of esters is 6. The highest BCUT2D eigenvalue weighted by atomic mass is 16.6. The molecule has 28 nitrogen and oxygen atoms in total. The van der Waals surface area contributed by atoms with E-state index >= 15 is 0 Å². The maximum absolute atomic E-state index is 11.2. The fraction of sp³-hybridized carbons (Fsp3) is 0.547. The second-order valence-corrected chi connectivity index (χ2v) is 17.5. The predicted molar refractivity (Wildman–Crippen MR) is 288 cm³/mol. The van der Waals surface area contributed by atoms with Gasteiger partial charge in [-0.3, -0.25) is 9.59 Å². The lowest BCUT2D eigenvalue weighted by molar-refractivity contribution is -0.141. The zero-order valence-corrected chi connectivity index (χ0v) is 46.7. The number of rotatable bonds is 24. The van der Waals surface area contributed by atoms with Crippen molar-refractivity contribution < 1.29 is 95.4 Å². The molecule has 0 bridgehead atoms. The fourth-order valence-corrected chi connectivity index (χ4v) is 6.65. The Morgan fingerprint density at radius 1 is 0.432 bits per heavy atom. The third-order valence-corrected chi connectivity index (χ3v) is 11.1. The number of hydrogen-bond donors (Lipinski definition) is 2. The summed E-state index contributed by atoms with van der Waals surface area (Å²) in [4.78, 5) is 140. The molecule has 6 aliphatic heterocycles. The minimum atomic E-state index is -0.479. The predicted octanol–water partition coefficient (Wildman–Crippen LogP) is 1.66. The average Bonchev–Trinajstić information content (AvgIpc) is 4.34. The van der Waals surface area contributed by atoms with Crippen LogP contribution in [0.1, 0.15) is 46.5 Å². The maximum atomic E-state index is 11.2. The van der Waals surface area contributed by atoms with Crippen LogP contribution in [-0.4, -0.2) is 246 Å². The van der Waals surface area contributed by atoms with E-state index in [0.717, 1.165) is 44.2 Å². The minimum absolute atomic E-state index is 0.101. The van der Waals surface area contributed by atoms with Crippen LogP contribution < -0.4 is 10.6 Å². The Morgan fingerprint density at radius 3 is 0.938 bits per heavy atom. The molecule has 0 spiro atoms. The monoisotopic (exact) mass is 1150 g/mol. The topological polar surface area (TPSA) is 322 Å². The van der Waals surface area contributed by atoms with E-state index in [0.29, 0.717) is 121 Å². The van der Waals surface area contributed by atoms with Gasteiger partial charge in [-0.15, -0.1) is 0 Å². The van der Waals surface area contributed by atoms with Crippen molar-refractivity contribution in [2.75, 3.05) is 144 Å². The van der Waals surface area contributed by atoms with Crippen LogP contribution in [0, 0.1) is 0 Å². The van der Waals surface area contributed by atoms with Crippen molar-refractivity contribution in [2.45, 2.75) is 46.5 Å². The van der Waals surface area contributed by atoms with E-state index < -0.39 is 35.8 Å². The molecule has 0 radical (unpaired) electrons. The van der Waals surface area contributed by atoms with Gasteiger partial charge in [-0.1, -0.05) is 39.5 Å². The Hall–Kier alpha value is -8.72. The summed E-state index contributed by atoms with van der Waals surface area (Å²) in [6.07, 6.45) is 5.66. The lowest BCUT2D eigenvalue weighted by Gasteiger charge is -2.14. The molecule has 28 heteroatoms. The maximum Gasteiger partial charge on any atom is 0.410 e. The first-order valence-corrected chi connectivity index (χ1v) is 25.8. The van der Waals surface area contributed by atoms with Gasteiger partial charge in [0.05, 0.1) is 52.4 Å². The number of hydrogen-bond acceptors (Lipinski definition) is 20. The molecule has 0 atom stereocenters. The van der Waals surface area contributed by atoms with Crippen LogP contribution in [0.4, 0.5) is 19.2 Å². The Kier molecular flexibility index (Phi) is 35.1. The SMILES string of the molecule is C=C(C)C(=O)OCCN1CCCC1=O.C=C(C)C(=O)OCCN1CCNC1=O.C=C(C)C(=O)OCCN1CCOC1=O.C=CC(=O)OCCN1CCCC1=O.C=CC(=O)OCCN1CCNC1=O.C=CC(=O)OCCN1CCOC1=O. The van der Waals surface area contributed by atoms with Crippen molar-refractivity contribution >= 4 is 71.9 Å². The Labute approximate surface area is 471 Å². The van der Waals surface area contributed by atoms with E-state index in [4.69, 9.17) is 33.2 Å². The van der Waals surface area contributed by atoms with Crippen molar-refractivity contribution in [3.8, 4) is 0 Å². The van der Waals surface area contributed by atoms with Crippen LogP contribution in [0.2, 0.25) is 0 Å². The number of carbonyl (C=O) groups is 12. The number of cyclic esters (lactones) is 2. The van der Waals surface area contributed by atoms with Gasteiger partial charge in [0.15, 0.2) is 0 Å². The van der Waals surface area contributed by atoms with E-state index in [-0.39, 0.29) is 75.7 Å². The summed E-state index contributed by atoms with van der Waals surface area (Å²) in [5, 5.41) is 5.31. The molecule has 81 heavy (non-hydrogen) atoms. The first-order chi connectivity index (χ1) is 38.5. The van der Waals surface area contributed by atoms with Crippen LogP contribution >= 0.6 is 0 Å². The summed E-state index contributed by atoms with van der Waals surface area (Å²) in [7, 11) is 0. The van der Waals surface area contributed by atoms with Crippen molar-refractivity contribution in [1.82, 2.24) is 40.0 Å². The molecular formula is C53H78N8O20. The summed E-state index contributed by atoms with van der Waals surface area (Å²) >= 11 is 0. The molecule has 6 aliphatic rings. The zero-order valence-electron chi connectivity index (χ0n) is 46.7. The summed E-state index contributed by atoms with van der Waals surface area (Å²) in [6, 6.07) is -0.203. The third-order valence-electron chi connectivity index (χ3n) is 11.1. The number of urea groups is 2. The van der Waals surface area contributed by atoms with Gasteiger partial charge in [-0.2, -0.15) is 0 Å². The van der Waals surface area contributed by atoms with E-state index in [9.17, 15) is 57.5 Å². The first kappa shape index (κ1) is 70.3. The van der Waals surface area contributed by atoms with Gasteiger partial charge < -0.3 is 77.9 Å².